The molecule has 0 aliphatic rings. The van der Waals surface area contributed by atoms with Crippen LogP contribution >= 0.6 is 0 Å². The zero-order valence-corrected chi connectivity index (χ0v) is 12.3. The molecule has 16 heavy (non-hydrogen) atoms. The van der Waals surface area contributed by atoms with Crippen LogP contribution in [0.2, 0.25) is 0 Å². The summed E-state index contributed by atoms with van der Waals surface area (Å²) in [5, 5.41) is 0. The van der Waals surface area contributed by atoms with E-state index >= 15 is 0 Å². The minimum absolute atomic E-state index is 0.295. The van der Waals surface area contributed by atoms with E-state index in [1.54, 1.807) is 6.92 Å². The van der Waals surface area contributed by atoms with Crippen molar-refractivity contribution in [1.29, 1.82) is 0 Å². The molecule has 0 heterocycles. The van der Waals surface area contributed by atoms with Crippen LogP contribution in [0, 0.1) is 0 Å². The van der Waals surface area contributed by atoms with E-state index in [2.05, 4.69) is 6.58 Å². The molecule has 0 rings (SSSR count). The predicted molar refractivity (Wildman–Crippen MR) is 67.9 cm³/mol. The van der Waals surface area contributed by atoms with E-state index in [1.165, 1.54) is 0 Å². The van der Waals surface area contributed by atoms with Crippen LogP contribution in [0.1, 0.15) is 34.1 Å². The van der Waals surface area contributed by atoms with Crippen LogP contribution < -0.4 is 0 Å². The van der Waals surface area contributed by atoms with E-state index in [4.69, 9.17) is 13.6 Å². The number of carbonyl (C=O) groups excluding carboxylic acids is 1. The quantitative estimate of drug-likeness (QED) is 0.297. The molecule has 0 spiro atoms. The van der Waals surface area contributed by atoms with Crippen molar-refractivity contribution in [2.24, 2.45) is 0 Å². The first-order chi connectivity index (χ1) is 7.59. The van der Waals surface area contributed by atoms with Gasteiger partial charge in [-0.05, 0) is 27.2 Å². The van der Waals surface area contributed by atoms with Gasteiger partial charge in [-0.2, -0.15) is 0 Å². The molecule has 4 nitrogen and oxygen atoms in total. The SMILES string of the molecule is C=C(C)C(=O)OCCC.CCO[SiH2]OCC. The number of rotatable bonds is 7. The molecule has 96 valence electrons. The summed E-state index contributed by atoms with van der Waals surface area (Å²) in [6, 6.07) is 0. The maximum atomic E-state index is 10.6. The molecule has 0 aromatic heterocycles. The Morgan fingerprint density at radius 2 is 1.69 bits per heavy atom. The molecule has 0 N–H and O–H groups in total. The maximum Gasteiger partial charge on any atom is 0.333 e. The summed E-state index contributed by atoms with van der Waals surface area (Å²) < 4.78 is 14.7. The van der Waals surface area contributed by atoms with Crippen LogP contribution in [0.15, 0.2) is 12.2 Å². The zero-order chi connectivity index (χ0) is 12.8. The lowest BCUT2D eigenvalue weighted by Gasteiger charge is -1.99. The highest BCUT2D eigenvalue weighted by molar-refractivity contribution is 6.17. The number of hydrogen-bond donors (Lipinski definition) is 0. The Bertz CT molecular complexity index is 179. The smallest absolute Gasteiger partial charge is 0.333 e. The van der Waals surface area contributed by atoms with Crippen LogP contribution in [0.25, 0.3) is 0 Å². The Kier molecular flexibility index (Phi) is 15.9. The van der Waals surface area contributed by atoms with Gasteiger partial charge in [-0.25, -0.2) is 4.79 Å². The molecule has 0 radical (unpaired) electrons. The van der Waals surface area contributed by atoms with Gasteiger partial charge in [0.15, 0.2) is 0 Å². The van der Waals surface area contributed by atoms with Gasteiger partial charge in [0.1, 0.15) is 0 Å². The average Bonchev–Trinajstić information content (AvgIpc) is 2.27. The molecule has 0 aromatic rings. The highest BCUT2D eigenvalue weighted by Gasteiger charge is 1.99. The van der Waals surface area contributed by atoms with Crippen molar-refractivity contribution in [3.05, 3.63) is 12.2 Å². The van der Waals surface area contributed by atoms with Crippen LogP contribution in [0.5, 0.6) is 0 Å². The molecule has 0 amide bonds. The van der Waals surface area contributed by atoms with E-state index < -0.39 is 10.0 Å². The molecule has 5 heteroatoms. The lowest BCUT2D eigenvalue weighted by molar-refractivity contribution is -0.138. The molecule has 0 atom stereocenters. The van der Waals surface area contributed by atoms with Gasteiger partial charge in [0, 0.05) is 18.8 Å². The van der Waals surface area contributed by atoms with Crippen molar-refractivity contribution >= 4 is 16.0 Å². The van der Waals surface area contributed by atoms with Gasteiger partial charge in [0.2, 0.25) is 0 Å². The Morgan fingerprint density at radius 1 is 1.19 bits per heavy atom. The second-order valence-corrected chi connectivity index (χ2v) is 4.07. The van der Waals surface area contributed by atoms with Crippen LogP contribution in [-0.2, 0) is 18.4 Å². The third-order valence-corrected chi connectivity index (χ3v) is 2.51. The zero-order valence-electron chi connectivity index (χ0n) is 10.9. The summed E-state index contributed by atoms with van der Waals surface area (Å²) in [5.74, 6) is -0.295. The van der Waals surface area contributed by atoms with E-state index in [1.807, 2.05) is 20.8 Å². The molecule has 0 aromatic carbocycles. The fraction of sp³-hybridized carbons (Fsp3) is 0.727. The second-order valence-electron chi connectivity index (χ2n) is 3.02. The number of ether oxygens (including phenoxy) is 1. The van der Waals surface area contributed by atoms with Crippen molar-refractivity contribution in [3.63, 3.8) is 0 Å². The van der Waals surface area contributed by atoms with Gasteiger partial charge in [-0.3, -0.25) is 0 Å². The highest BCUT2D eigenvalue weighted by atomic mass is 28.3. The van der Waals surface area contributed by atoms with E-state index in [0.717, 1.165) is 19.6 Å². The predicted octanol–water partition coefficient (Wildman–Crippen LogP) is 1.57. The fourth-order valence-corrected chi connectivity index (χ4v) is 0.995. The first-order valence-electron chi connectivity index (χ1n) is 5.58. The Balaban J connectivity index is 0. The van der Waals surface area contributed by atoms with Gasteiger partial charge < -0.3 is 13.6 Å². The van der Waals surface area contributed by atoms with Crippen molar-refractivity contribution in [2.75, 3.05) is 19.8 Å². The van der Waals surface area contributed by atoms with Crippen molar-refractivity contribution in [3.8, 4) is 0 Å². The molecule has 0 unspecified atom stereocenters. The molecular weight excluding hydrogens is 224 g/mol. The fourth-order valence-electron chi connectivity index (χ4n) is 0.544. The van der Waals surface area contributed by atoms with Gasteiger partial charge >= 0.3 is 16.0 Å². The molecule has 0 saturated heterocycles. The standard InChI is InChI=1S/C7H12O2.C4H12O2Si/c1-4-5-9-7(8)6(2)3;1-3-5-7-6-4-2/h2,4-5H2,1,3H3;3-4,7H2,1-2H3. The first-order valence-corrected chi connectivity index (χ1v) is 6.73. The Labute approximate surface area is 101 Å². The van der Waals surface area contributed by atoms with Crippen LogP contribution in [0.4, 0.5) is 0 Å². The topological polar surface area (TPSA) is 44.8 Å². The lowest BCUT2D eigenvalue weighted by atomic mass is 10.4. The van der Waals surface area contributed by atoms with Gasteiger partial charge in [0.25, 0.3) is 0 Å². The summed E-state index contributed by atoms with van der Waals surface area (Å²) in [7, 11) is -0.589. The third-order valence-electron chi connectivity index (χ3n) is 1.36. The van der Waals surface area contributed by atoms with Crippen molar-refractivity contribution in [1.82, 2.24) is 0 Å². The molecule has 0 fully saturated rings. The van der Waals surface area contributed by atoms with E-state index in [9.17, 15) is 4.79 Å². The maximum absolute atomic E-state index is 10.6. The van der Waals surface area contributed by atoms with Gasteiger partial charge in [0.05, 0.1) is 6.61 Å². The Morgan fingerprint density at radius 3 is 2.00 bits per heavy atom. The normalized spacial score (nSPS) is 9.00. The summed E-state index contributed by atoms with van der Waals surface area (Å²) in [6.45, 7) is 13.1. The minimum atomic E-state index is -0.589. The average molecular weight is 248 g/mol. The minimum Gasteiger partial charge on any atom is -0.462 e. The van der Waals surface area contributed by atoms with Crippen molar-refractivity contribution in [2.45, 2.75) is 34.1 Å². The number of hydrogen-bond acceptors (Lipinski definition) is 4. The van der Waals surface area contributed by atoms with E-state index in [-0.39, 0.29) is 5.97 Å². The number of esters is 1. The van der Waals surface area contributed by atoms with Crippen LogP contribution in [-0.4, -0.2) is 35.8 Å². The molecular formula is C11H24O4Si. The largest absolute Gasteiger partial charge is 0.462 e. The van der Waals surface area contributed by atoms with Gasteiger partial charge in [-0.1, -0.05) is 13.5 Å². The summed E-state index contributed by atoms with van der Waals surface area (Å²) in [4.78, 5) is 10.6. The molecule has 0 saturated carbocycles. The first kappa shape index (κ1) is 17.7. The molecule has 0 bridgehead atoms. The number of carbonyl (C=O) groups is 1. The highest BCUT2D eigenvalue weighted by Crippen LogP contribution is 1.91. The molecule has 0 aliphatic carbocycles. The third kappa shape index (κ3) is 15.8. The second kappa shape index (κ2) is 14.3. The van der Waals surface area contributed by atoms with Gasteiger partial charge in [-0.15, -0.1) is 0 Å². The Hall–Kier alpha value is -0.653. The van der Waals surface area contributed by atoms with Crippen molar-refractivity contribution < 1.29 is 18.4 Å². The van der Waals surface area contributed by atoms with E-state index in [0.29, 0.717) is 12.2 Å². The molecule has 0 aliphatic heterocycles. The summed E-state index contributed by atoms with van der Waals surface area (Å²) >= 11 is 0. The summed E-state index contributed by atoms with van der Waals surface area (Å²) in [5.41, 5.74) is 0.462. The summed E-state index contributed by atoms with van der Waals surface area (Å²) in [6.07, 6.45) is 0.860. The monoisotopic (exact) mass is 248 g/mol. The lowest BCUT2D eigenvalue weighted by Crippen LogP contribution is -2.04. The van der Waals surface area contributed by atoms with Crippen LogP contribution in [0.3, 0.4) is 0 Å².